The molecule has 1 aliphatic heterocycles. The maximum absolute atomic E-state index is 3.65. The zero-order valence-electron chi connectivity index (χ0n) is 14.7. The quantitative estimate of drug-likeness (QED) is 0.717. The lowest BCUT2D eigenvalue weighted by atomic mass is 9.89. The molecule has 2 aliphatic carbocycles. The fourth-order valence-corrected chi connectivity index (χ4v) is 4.06. The molecule has 0 saturated carbocycles. The number of fused-ring (bicyclic) bond motifs is 3. The van der Waals surface area contributed by atoms with Crippen LogP contribution in [0, 0.1) is 0 Å². The first kappa shape index (κ1) is 15.3. The molecule has 2 aromatic rings. The lowest BCUT2D eigenvalue weighted by Gasteiger charge is -2.21. The van der Waals surface area contributed by atoms with Gasteiger partial charge in [-0.2, -0.15) is 0 Å². The van der Waals surface area contributed by atoms with E-state index in [4.69, 9.17) is 0 Å². The normalized spacial score (nSPS) is 20.3. The number of para-hydroxylation sites is 2. The lowest BCUT2D eigenvalue weighted by Crippen LogP contribution is -2.16. The van der Waals surface area contributed by atoms with Crippen LogP contribution in [0.15, 0.2) is 84.6 Å². The first-order chi connectivity index (χ1) is 12.9. The fraction of sp³-hybridized carbons (Fsp3) is 0.167. The topological polar surface area (TPSA) is 24.1 Å². The molecule has 128 valence electrons. The molecule has 1 atom stereocenters. The molecule has 1 unspecified atom stereocenters. The van der Waals surface area contributed by atoms with Crippen molar-refractivity contribution in [3.8, 4) is 0 Å². The van der Waals surface area contributed by atoms with Crippen LogP contribution in [0.4, 0.5) is 11.4 Å². The molecule has 5 rings (SSSR count). The molecular weight excluding hydrogens is 316 g/mol. The molecule has 2 heteroatoms. The highest BCUT2D eigenvalue weighted by Crippen LogP contribution is 2.42. The third-order valence-corrected chi connectivity index (χ3v) is 5.37. The van der Waals surface area contributed by atoms with E-state index < -0.39 is 0 Å². The van der Waals surface area contributed by atoms with Crippen LogP contribution in [0.25, 0.3) is 11.1 Å². The zero-order valence-corrected chi connectivity index (χ0v) is 14.7. The third kappa shape index (κ3) is 2.68. The summed E-state index contributed by atoms with van der Waals surface area (Å²) in [6.07, 6.45) is 14.5. The van der Waals surface area contributed by atoms with E-state index in [1.54, 1.807) is 0 Å². The molecule has 2 N–H and O–H groups in total. The van der Waals surface area contributed by atoms with Gasteiger partial charge in [0.2, 0.25) is 0 Å². The van der Waals surface area contributed by atoms with E-state index in [1.165, 1.54) is 39.3 Å². The van der Waals surface area contributed by atoms with Gasteiger partial charge in [-0.05, 0) is 54.7 Å². The standard InChI is InChI=1S/C24H22N2/c1-2-8-18(9-3-1)25-22-12-6-4-10-19(22)17-14-15-24-21(16-17)20-11-5-7-13-23(20)26-24/h1-2,4-8,10-14,16,24-26H,3,9,15H2. The van der Waals surface area contributed by atoms with Crippen LogP contribution in [-0.2, 0) is 0 Å². The number of allylic oxidation sites excluding steroid dienone is 6. The van der Waals surface area contributed by atoms with Crippen molar-refractivity contribution in [2.24, 2.45) is 0 Å². The van der Waals surface area contributed by atoms with Crippen molar-refractivity contribution < 1.29 is 0 Å². The monoisotopic (exact) mass is 338 g/mol. The molecule has 0 saturated heterocycles. The summed E-state index contributed by atoms with van der Waals surface area (Å²) in [5, 5.41) is 7.29. The average molecular weight is 338 g/mol. The minimum Gasteiger partial charge on any atom is -0.377 e. The molecule has 2 aromatic carbocycles. The van der Waals surface area contributed by atoms with Crippen molar-refractivity contribution in [2.45, 2.75) is 25.3 Å². The van der Waals surface area contributed by atoms with Crippen molar-refractivity contribution in [1.29, 1.82) is 0 Å². The average Bonchev–Trinajstić information content (AvgIpc) is 3.07. The Bertz CT molecular complexity index is 975. The van der Waals surface area contributed by atoms with Gasteiger partial charge in [0.05, 0.1) is 6.04 Å². The molecule has 0 radical (unpaired) electrons. The Morgan fingerprint density at radius 2 is 1.81 bits per heavy atom. The number of benzene rings is 2. The first-order valence-corrected chi connectivity index (χ1v) is 9.38. The van der Waals surface area contributed by atoms with Gasteiger partial charge in [-0.3, -0.25) is 0 Å². The molecule has 3 aliphatic rings. The van der Waals surface area contributed by atoms with E-state index >= 15 is 0 Å². The van der Waals surface area contributed by atoms with Crippen molar-refractivity contribution >= 4 is 22.5 Å². The second-order valence-corrected chi connectivity index (χ2v) is 7.07. The fourth-order valence-electron chi connectivity index (χ4n) is 4.06. The van der Waals surface area contributed by atoms with Gasteiger partial charge in [0.15, 0.2) is 0 Å². The highest BCUT2D eigenvalue weighted by Gasteiger charge is 2.28. The Labute approximate surface area is 154 Å². The van der Waals surface area contributed by atoms with Crippen molar-refractivity contribution in [3.05, 3.63) is 95.7 Å². The summed E-state index contributed by atoms with van der Waals surface area (Å²) in [5.41, 5.74) is 9.07. The summed E-state index contributed by atoms with van der Waals surface area (Å²) >= 11 is 0. The van der Waals surface area contributed by atoms with Crippen LogP contribution in [0.5, 0.6) is 0 Å². The molecule has 0 bridgehead atoms. The summed E-state index contributed by atoms with van der Waals surface area (Å²) < 4.78 is 0. The van der Waals surface area contributed by atoms with Crippen LogP contribution in [0.3, 0.4) is 0 Å². The number of nitrogens with one attached hydrogen (secondary N) is 2. The van der Waals surface area contributed by atoms with Gasteiger partial charge in [0.25, 0.3) is 0 Å². The van der Waals surface area contributed by atoms with Crippen LogP contribution in [0.2, 0.25) is 0 Å². The largest absolute Gasteiger partial charge is 0.377 e. The van der Waals surface area contributed by atoms with Gasteiger partial charge in [-0.15, -0.1) is 0 Å². The molecular formula is C24H22N2. The van der Waals surface area contributed by atoms with E-state index in [0.29, 0.717) is 6.04 Å². The molecule has 1 heterocycles. The minimum absolute atomic E-state index is 0.405. The van der Waals surface area contributed by atoms with Crippen LogP contribution in [0.1, 0.15) is 30.4 Å². The van der Waals surface area contributed by atoms with Gasteiger partial charge >= 0.3 is 0 Å². The maximum Gasteiger partial charge on any atom is 0.0555 e. The number of anilines is 2. The second kappa shape index (κ2) is 6.38. The lowest BCUT2D eigenvalue weighted by molar-refractivity contribution is 0.931. The van der Waals surface area contributed by atoms with E-state index in [0.717, 1.165) is 19.3 Å². The van der Waals surface area contributed by atoms with Crippen molar-refractivity contribution in [1.82, 2.24) is 0 Å². The highest BCUT2D eigenvalue weighted by molar-refractivity contribution is 5.97. The molecule has 2 nitrogen and oxygen atoms in total. The number of hydrogen-bond acceptors (Lipinski definition) is 2. The van der Waals surface area contributed by atoms with E-state index in [2.05, 4.69) is 89.5 Å². The smallest absolute Gasteiger partial charge is 0.0555 e. The molecule has 0 fully saturated rings. The number of rotatable bonds is 3. The third-order valence-electron chi connectivity index (χ3n) is 5.37. The number of hydrogen-bond donors (Lipinski definition) is 2. The Morgan fingerprint density at radius 3 is 2.69 bits per heavy atom. The summed E-state index contributed by atoms with van der Waals surface area (Å²) in [6, 6.07) is 17.7. The first-order valence-electron chi connectivity index (χ1n) is 9.38. The molecule has 0 spiro atoms. The zero-order chi connectivity index (χ0) is 17.3. The molecule has 0 aromatic heterocycles. The highest BCUT2D eigenvalue weighted by atomic mass is 15.0. The Hall–Kier alpha value is -3.00. The summed E-state index contributed by atoms with van der Waals surface area (Å²) in [6.45, 7) is 0. The van der Waals surface area contributed by atoms with Crippen LogP contribution in [-0.4, -0.2) is 6.04 Å². The SMILES string of the molecule is C1=CCCC(Nc2ccccc2C2=CCC3Nc4ccccc4C3=C2)=C1. The summed E-state index contributed by atoms with van der Waals surface area (Å²) in [7, 11) is 0. The van der Waals surface area contributed by atoms with Gasteiger partial charge in [-0.1, -0.05) is 54.6 Å². The predicted octanol–water partition coefficient (Wildman–Crippen LogP) is 6.00. The van der Waals surface area contributed by atoms with E-state index in [1.807, 2.05) is 0 Å². The minimum atomic E-state index is 0.405. The van der Waals surface area contributed by atoms with Gasteiger partial charge in [0, 0.05) is 28.2 Å². The van der Waals surface area contributed by atoms with E-state index in [9.17, 15) is 0 Å². The Morgan fingerprint density at radius 1 is 0.962 bits per heavy atom. The van der Waals surface area contributed by atoms with Gasteiger partial charge in [0.1, 0.15) is 0 Å². The van der Waals surface area contributed by atoms with Gasteiger partial charge < -0.3 is 10.6 Å². The van der Waals surface area contributed by atoms with Crippen molar-refractivity contribution in [3.63, 3.8) is 0 Å². The Balaban J connectivity index is 1.51. The summed E-state index contributed by atoms with van der Waals surface area (Å²) in [4.78, 5) is 0. The van der Waals surface area contributed by atoms with E-state index in [-0.39, 0.29) is 0 Å². The van der Waals surface area contributed by atoms with Gasteiger partial charge in [-0.25, -0.2) is 0 Å². The van der Waals surface area contributed by atoms with Crippen LogP contribution >= 0.6 is 0 Å². The molecule has 0 amide bonds. The second-order valence-electron chi connectivity index (χ2n) is 7.07. The molecule has 26 heavy (non-hydrogen) atoms. The summed E-state index contributed by atoms with van der Waals surface area (Å²) in [5.74, 6) is 0. The van der Waals surface area contributed by atoms with Crippen LogP contribution < -0.4 is 10.6 Å². The van der Waals surface area contributed by atoms with Crippen molar-refractivity contribution in [2.75, 3.05) is 10.6 Å². The maximum atomic E-state index is 3.65. The predicted molar refractivity (Wildman–Crippen MR) is 111 cm³/mol. The Kier molecular flexibility index (Phi) is 3.75.